The maximum Gasteiger partial charge on any atom is 0.106 e. The predicted molar refractivity (Wildman–Crippen MR) is 21.3 cm³/mol. The monoisotopic (exact) mass is 92.0 g/mol. The summed E-state index contributed by atoms with van der Waals surface area (Å²) in [5.74, 6) is 0. The third kappa shape index (κ3) is 69.2. The number of hydrogen-bond acceptors (Lipinski definition) is 3. The molecule has 0 rings (SSSR count). The molecule has 0 radical (unpaired) electrons. The van der Waals surface area contributed by atoms with Crippen molar-refractivity contribution in [2.75, 3.05) is 13.2 Å². The van der Waals surface area contributed by atoms with E-state index in [0.29, 0.717) is 0 Å². The number of carbonyl (C=O) groups excluding carboxylic acids is 1. The van der Waals surface area contributed by atoms with Crippen LogP contribution in [0.25, 0.3) is 0 Å². The first-order valence-electron chi connectivity index (χ1n) is 1.42. The van der Waals surface area contributed by atoms with Crippen molar-refractivity contribution in [3.63, 3.8) is 0 Å². The van der Waals surface area contributed by atoms with Crippen LogP contribution in [0.3, 0.4) is 0 Å². The first-order valence-corrected chi connectivity index (χ1v) is 1.42. The predicted octanol–water partition coefficient (Wildman–Crippen LogP) is -1.21. The third-order valence-electron chi connectivity index (χ3n) is 0.1000. The molecule has 6 heavy (non-hydrogen) atoms. The minimum Gasteiger partial charge on any atom is -0.394 e. The van der Waals surface area contributed by atoms with Gasteiger partial charge in [0.1, 0.15) is 6.79 Å². The first kappa shape index (κ1) is 9.14. The largest absolute Gasteiger partial charge is 0.394 e. The summed E-state index contributed by atoms with van der Waals surface area (Å²) in [5, 5.41) is 15.2. The lowest BCUT2D eigenvalue weighted by atomic mass is 10.8. The Morgan fingerprint density at radius 1 is 1.17 bits per heavy atom. The smallest absolute Gasteiger partial charge is 0.106 e. The van der Waals surface area contributed by atoms with Gasteiger partial charge in [-0.15, -0.1) is 0 Å². The molecule has 0 aromatic heterocycles. The van der Waals surface area contributed by atoms with Crippen LogP contribution in [0.5, 0.6) is 0 Å². The number of rotatable bonds is 1. The number of aliphatic hydroxyl groups excluding tert-OH is 2. The summed E-state index contributed by atoms with van der Waals surface area (Å²) >= 11 is 0. The van der Waals surface area contributed by atoms with Gasteiger partial charge in [0.05, 0.1) is 13.2 Å². The number of aliphatic hydroxyl groups is 2. The van der Waals surface area contributed by atoms with Crippen molar-refractivity contribution >= 4 is 6.79 Å². The Morgan fingerprint density at radius 3 is 1.33 bits per heavy atom. The third-order valence-corrected chi connectivity index (χ3v) is 0.1000. The lowest BCUT2D eigenvalue weighted by Gasteiger charge is -1.70. The Kier molecular flexibility index (Phi) is 35.6. The van der Waals surface area contributed by atoms with Crippen LogP contribution < -0.4 is 0 Å². The zero-order valence-corrected chi connectivity index (χ0v) is 3.42. The fourth-order valence-electron chi connectivity index (χ4n) is 0. The molecule has 0 aliphatic carbocycles. The highest BCUT2D eigenvalue weighted by molar-refractivity contribution is 5.10. The molecular weight excluding hydrogens is 84.0 g/mol. The SMILES string of the molecule is C=O.OCCO. The summed E-state index contributed by atoms with van der Waals surface area (Å²) < 4.78 is 0. The van der Waals surface area contributed by atoms with Crippen molar-refractivity contribution in [3.05, 3.63) is 0 Å². The Morgan fingerprint density at radius 2 is 1.33 bits per heavy atom. The summed E-state index contributed by atoms with van der Waals surface area (Å²) in [6.45, 7) is 1.75. The van der Waals surface area contributed by atoms with Crippen LogP contribution >= 0.6 is 0 Å². The minimum atomic E-state index is -0.125. The Hall–Kier alpha value is -0.410. The highest BCUT2D eigenvalue weighted by atomic mass is 16.3. The van der Waals surface area contributed by atoms with Gasteiger partial charge in [-0.2, -0.15) is 0 Å². The molecule has 0 aliphatic rings. The summed E-state index contributed by atoms with van der Waals surface area (Å²) in [6.07, 6.45) is 0. The minimum absolute atomic E-state index is 0.125. The van der Waals surface area contributed by atoms with E-state index in [9.17, 15) is 0 Å². The average Bonchev–Trinajstić information content (AvgIpc) is 1.72. The molecule has 3 heteroatoms. The van der Waals surface area contributed by atoms with Crippen molar-refractivity contribution < 1.29 is 15.0 Å². The Balaban J connectivity index is 0. The molecular formula is C3H8O3. The van der Waals surface area contributed by atoms with E-state index in [2.05, 4.69) is 0 Å². The molecule has 0 fully saturated rings. The maximum absolute atomic E-state index is 8.00. The quantitative estimate of drug-likeness (QED) is 0.426. The average molecular weight is 92.1 g/mol. The van der Waals surface area contributed by atoms with E-state index >= 15 is 0 Å². The van der Waals surface area contributed by atoms with E-state index < -0.39 is 0 Å². The zero-order chi connectivity index (χ0) is 5.41. The fraction of sp³-hybridized carbons (Fsp3) is 0.667. The number of carbonyl (C=O) groups is 1. The van der Waals surface area contributed by atoms with Crippen LogP contribution in [0.1, 0.15) is 0 Å². The van der Waals surface area contributed by atoms with Gasteiger partial charge in [-0.1, -0.05) is 0 Å². The normalized spacial score (nSPS) is 5.67. The second-order valence-electron chi connectivity index (χ2n) is 0.447. The number of hydrogen-bond donors (Lipinski definition) is 2. The van der Waals surface area contributed by atoms with Crippen molar-refractivity contribution in [1.82, 2.24) is 0 Å². The molecule has 0 bridgehead atoms. The lowest BCUT2D eigenvalue weighted by molar-refractivity contribution is -0.0979. The van der Waals surface area contributed by atoms with Gasteiger partial charge in [-0.3, -0.25) is 0 Å². The molecule has 38 valence electrons. The Bertz CT molecular complexity index is 13.5. The maximum atomic E-state index is 8.00. The molecule has 0 aliphatic heterocycles. The van der Waals surface area contributed by atoms with Crippen LogP contribution in [0.2, 0.25) is 0 Å². The van der Waals surface area contributed by atoms with Crippen molar-refractivity contribution in [2.45, 2.75) is 0 Å². The summed E-state index contributed by atoms with van der Waals surface area (Å²) in [5.41, 5.74) is 0. The zero-order valence-electron chi connectivity index (χ0n) is 3.42. The summed E-state index contributed by atoms with van der Waals surface area (Å²) in [7, 11) is 0. The first-order chi connectivity index (χ1) is 2.91. The molecule has 0 unspecified atom stereocenters. The summed E-state index contributed by atoms with van der Waals surface area (Å²) in [6, 6.07) is 0. The highest BCUT2D eigenvalue weighted by Gasteiger charge is 1.58. The molecule has 0 atom stereocenters. The van der Waals surface area contributed by atoms with Crippen LogP contribution in [0, 0.1) is 0 Å². The van der Waals surface area contributed by atoms with Gasteiger partial charge in [0.15, 0.2) is 0 Å². The molecule has 0 heterocycles. The molecule has 0 saturated carbocycles. The van der Waals surface area contributed by atoms with Crippen molar-refractivity contribution in [1.29, 1.82) is 0 Å². The second kappa shape index (κ2) is 23.4. The lowest BCUT2D eigenvalue weighted by Crippen LogP contribution is -1.85. The van der Waals surface area contributed by atoms with Gasteiger partial charge < -0.3 is 15.0 Å². The Labute approximate surface area is 36.2 Å². The van der Waals surface area contributed by atoms with Crippen LogP contribution in [0.15, 0.2) is 0 Å². The molecule has 3 nitrogen and oxygen atoms in total. The molecule has 0 spiro atoms. The van der Waals surface area contributed by atoms with Crippen LogP contribution in [-0.2, 0) is 4.79 Å². The van der Waals surface area contributed by atoms with E-state index in [1.165, 1.54) is 0 Å². The van der Waals surface area contributed by atoms with E-state index in [1.54, 1.807) is 0 Å². The van der Waals surface area contributed by atoms with Crippen LogP contribution in [-0.4, -0.2) is 30.2 Å². The molecule has 2 N–H and O–H groups in total. The van der Waals surface area contributed by atoms with E-state index in [-0.39, 0.29) is 13.2 Å². The molecule has 0 aromatic carbocycles. The van der Waals surface area contributed by atoms with Gasteiger partial charge in [-0.25, -0.2) is 0 Å². The second-order valence-corrected chi connectivity index (χ2v) is 0.447. The van der Waals surface area contributed by atoms with Gasteiger partial charge in [0.2, 0.25) is 0 Å². The molecule has 0 saturated heterocycles. The summed E-state index contributed by atoms with van der Waals surface area (Å²) in [4.78, 5) is 8.00. The van der Waals surface area contributed by atoms with E-state index in [4.69, 9.17) is 15.0 Å². The molecule has 0 amide bonds. The van der Waals surface area contributed by atoms with Gasteiger partial charge in [0.25, 0.3) is 0 Å². The highest BCUT2D eigenvalue weighted by Crippen LogP contribution is 1.39. The van der Waals surface area contributed by atoms with Gasteiger partial charge in [0, 0.05) is 0 Å². The topological polar surface area (TPSA) is 57.5 Å². The van der Waals surface area contributed by atoms with Crippen molar-refractivity contribution in [3.8, 4) is 0 Å². The van der Waals surface area contributed by atoms with Gasteiger partial charge in [-0.05, 0) is 0 Å². The van der Waals surface area contributed by atoms with Gasteiger partial charge >= 0.3 is 0 Å². The fourth-order valence-corrected chi connectivity index (χ4v) is 0. The van der Waals surface area contributed by atoms with Crippen LogP contribution in [0.4, 0.5) is 0 Å². The standard InChI is InChI=1S/C2H6O2.CH2O/c3-1-2-4;1-2/h3-4H,1-2H2;1H2. The van der Waals surface area contributed by atoms with E-state index in [0.717, 1.165) is 0 Å². The molecule has 0 aromatic rings. The van der Waals surface area contributed by atoms with Crippen molar-refractivity contribution in [2.24, 2.45) is 0 Å². The van der Waals surface area contributed by atoms with E-state index in [1.807, 2.05) is 6.79 Å².